The fraction of sp³-hybridized carbons (Fsp3) is 0. The number of nitrogen functional groups attached to an aromatic ring is 1. The number of hydrazine groups is 1. The minimum absolute atomic E-state index is 0.101. The average Bonchev–Trinajstić information content (AvgIpc) is 2.39. The van der Waals surface area contributed by atoms with E-state index in [0.717, 1.165) is 0 Å². The quantitative estimate of drug-likeness (QED) is 0.477. The Morgan fingerprint density at radius 1 is 1.33 bits per heavy atom. The van der Waals surface area contributed by atoms with Crippen molar-refractivity contribution in [1.82, 2.24) is 9.97 Å². The van der Waals surface area contributed by atoms with E-state index in [4.69, 9.17) is 10.6 Å². The molecular weight excluding hydrogens is 238 g/mol. The summed E-state index contributed by atoms with van der Waals surface area (Å²) in [5.41, 5.74) is 2.19. The van der Waals surface area contributed by atoms with Gasteiger partial charge in [-0.05, 0) is 6.07 Å². The summed E-state index contributed by atoms with van der Waals surface area (Å²) in [5, 5.41) is 10.8. The highest BCUT2D eigenvalue weighted by molar-refractivity contribution is 5.48. The van der Waals surface area contributed by atoms with Gasteiger partial charge in [-0.3, -0.25) is 10.1 Å². The lowest BCUT2D eigenvalue weighted by Crippen LogP contribution is -2.08. The van der Waals surface area contributed by atoms with E-state index in [2.05, 4.69) is 15.4 Å². The van der Waals surface area contributed by atoms with E-state index in [1.165, 1.54) is 24.5 Å². The largest absolute Gasteiger partial charge is 0.432 e. The van der Waals surface area contributed by atoms with Crippen molar-refractivity contribution in [2.45, 2.75) is 0 Å². The van der Waals surface area contributed by atoms with Crippen LogP contribution in [0, 0.1) is 10.1 Å². The van der Waals surface area contributed by atoms with Crippen molar-refractivity contribution < 1.29 is 9.66 Å². The number of nitrogens with two attached hydrogens (primary N) is 1. The molecule has 92 valence electrons. The van der Waals surface area contributed by atoms with Gasteiger partial charge in [0.2, 0.25) is 11.6 Å². The monoisotopic (exact) mass is 247 g/mol. The Labute approximate surface area is 102 Å². The molecule has 0 saturated carbocycles. The minimum atomic E-state index is -0.529. The average molecular weight is 247 g/mol. The molecule has 0 spiro atoms. The molecule has 0 atom stereocenters. The molecule has 2 aromatic rings. The Bertz CT molecular complexity index is 575. The molecule has 1 heterocycles. The first-order valence-corrected chi connectivity index (χ1v) is 4.90. The molecule has 0 saturated heterocycles. The Hall–Kier alpha value is -2.74. The highest BCUT2D eigenvalue weighted by Gasteiger charge is 2.14. The zero-order valence-corrected chi connectivity index (χ0v) is 9.11. The third-order valence-electron chi connectivity index (χ3n) is 2.07. The smallest absolute Gasteiger partial charge is 0.311 e. The van der Waals surface area contributed by atoms with Crippen LogP contribution in [0.3, 0.4) is 0 Å². The van der Waals surface area contributed by atoms with Gasteiger partial charge in [-0.1, -0.05) is 12.1 Å². The maximum atomic E-state index is 10.8. The molecule has 8 heteroatoms. The van der Waals surface area contributed by atoms with Crippen molar-refractivity contribution in [3.05, 3.63) is 46.8 Å². The summed E-state index contributed by atoms with van der Waals surface area (Å²) in [5.74, 6) is 5.79. The van der Waals surface area contributed by atoms with Gasteiger partial charge in [0, 0.05) is 12.1 Å². The molecule has 0 aliphatic carbocycles. The van der Waals surface area contributed by atoms with Crippen molar-refractivity contribution in [3.63, 3.8) is 0 Å². The molecular formula is C10H9N5O3. The first-order valence-electron chi connectivity index (χ1n) is 4.90. The number of ether oxygens (including phenoxy) is 1. The lowest BCUT2D eigenvalue weighted by atomic mass is 10.3. The van der Waals surface area contributed by atoms with Crippen molar-refractivity contribution in [3.8, 4) is 11.6 Å². The highest BCUT2D eigenvalue weighted by Crippen LogP contribution is 2.30. The van der Waals surface area contributed by atoms with Crippen molar-refractivity contribution in [1.29, 1.82) is 0 Å². The lowest BCUT2D eigenvalue weighted by Gasteiger charge is -2.05. The van der Waals surface area contributed by atoms with Gasteiger partial charge in [-0.2, -0.15) is 0 Å². The number of nitrogens with one attached hydrogen (secondary N) is 1. The van der Waals surface area contributed by atoms with E-state index in [1.807, 2.05) is 0 Å². The Morgan fingerprint density at radius 2 is 2.11 bits per heavy atom. The van der Waals surface area contributed by atoms with Crippen molar-refractivity contribution >= 4 is 11.5 Å². The molecule has 1 aromatic carbocycles. The zero-order chi connectivity index (χ0) is 13.0. The third kappa shape index (κ3) is 2.50. The van der Waals surface area contributed by atoms with Crippen LogP contribution >= 0.6 is 0 Å². The van der Waals surface area contributed by atoms with E-state index in [-0.39, 0.29) is 17.3 Å². The van der Waals surface area contributed by atoms with Crippen molar-refractivity contribution in [2.24, 2.45) is 5.84 Å². The maximum absolute atomic E-state index is 10.8. The number of para-hydroxylation sites is 2. The highest BCUT2D eigenvalue weighted by atomic mass is 16.6. The molecule has 1 aromatic heterocycles. The van der Waals surface area contributed by atoms with Gasteiger partial charge in [-0.15, -0.1) is 0 Å². The molecule has 0 fully saturated rings. The summed E-state index contributed by atoms with van der Waals surface area (Å²) < 4.78 is 5.32. The molecule has 0 radical (unpaired) electrons. The fourth-order valence-electron chi connectivity index (χ4n) is 1.28. The summed E-state index contributed by atoms with van der Waals surface area (Å²) in [6.07, 6.45) is 1.24. The van der Waals surface area contributed by atoms with Gasteiger partial charge in [0.25, 0.3) is 0 Å². The Kier molecular flexibility index (Phi) is 3.30. The normalized spacial score (nSPS) is 9.83. The van der Waals surface area contributed by atoms with Gasteiger partial charge in [0.1, 0.15) is 12.1 Å². The molecule has 0 amide bonds. The number of aromatic nitrogens is 2. The SMILES string of the molecule is NNc1cc(Oc2ccccc2[N+](=O)[O-])ncn1. The van der Waals surface area contributed by atoms with E-state index in [1.54, 1.807) is 12.1 Å². The van der Waals surface area contributed by atoms with E-state index in [0.29, 0.717) is 5.82 Å². The number of nitro benzene ring substituents is 1. The second-order valence-corrected chi connectivity index (χ2v) is 3.21. The Morgan fingerprint density at radius 3 is 2.83 bits per heavy atom. The number of anilines is 1. The lowest BCUT2D eigenvalue weighted by molar-refractivity contribution is -0.385. The van der Waals surface area contributed by atoms with Gasteiger partial charge in [-0.25, -0.2) is 15.8 Å². The first-order chi connectivity index (χ1) is 8.70. The first kappa shape index (κ1) is 11.7. The van der Waals surface area contributed by atoms with E-state index < -0.39 is 4.92 Å². The maximum Gasteiger partial charge on any atom is 0.311 e. The summed E-state index contributed by atoms with van der Waals surface area (Å²) in [4.78, 5) is 17.9. The van der Waals surface area contributed by atoms with Crippen LogP contribution in [0.2, 0.25) is 0 Å². The van der Waals surface area contributed by atoms with Gasteiger partial charge in [0.15, 0.2) is 0 Å². The predicted molar refractivity (Wildman–Crippen MR) is 63.0 cm³/mol. The summed E-state index contributed by atoms with van der Waals surface area (Å²) in [6.45, 7) is 0. The van der Waals surface area contributed by atoms with Crippen LogP contribution in [0.25, 0.3) is 0 Å². The summed E-state index contributed by atoms with van der Waals surface area (Å²) in [7, 11) is 0. The van der Waals surface area contributed by atoms with Crippen molar-refractivity contribution in [2.75, 3.05) is 5.43 Å². The van der Waals surface area contributed by atoms with Gasteiger partial charge >= 0.3 is 5.69 Å². The van der Waals surface area contributed by atoms with Crippen LogP contribution in [0.5, 0.6) is 11.6 Å². The van der Waals surface area contributed by atoms with Gasteiger partial charge < -0.3 is 10.2 Å². The Balaban J connectivity index is 2.31. The van der Waals surface area contributed by atoms with Crippen LogP contribution < -0.4 is 16.0 Å². The van der Waals surface area contributed by atoms with Crippen LogP contribution in [-0.2, 0) is 0 Å². The molecule has 18 heavy (non-hydrogen) atoms. The number of nitrogens with zero attached hydrogens (tertiary/aromatic N) is 3. The number of hydrogen-bond acceptors (Lipinski definition) is 7. The number of benzene rings is 1. The van der Waals surface area contributed by atoms with Crippen LogP contribution in [0.15, 0.2) is 36.7 Å². The second-order valence-electron chi connectivity index (χ2n) is 3.21. The third-order valence-corrected chi connectivity index (χ3v) is 2.07. The molecule has 0 aliphatic heterocycles. The molecule has 8 nitrogen and oxygen atoms in total. The van der Waals surface area contributed by atoms with Crippen LogP contribution in [0.4, 0.5) is 11.5 Å². The van der Waals surface area contributed by atoms with Crippen LogP contribution in [0.1, 0.15) is 0 Å². The molecule has 0 unspecified atom stereocenters. The number of rotatable bonds is 4. The fourth-order valence-corrected chi connectivity index (χ4v) is 1.28. The molecule has 0 bridgehead atoms. The number of hydrogen-bond donors (Lipinski definition) is 2. The minimum Gasteiger partial charge on any atom is -0.432 e. The van der Waals surface area contributed by atoms with E-state index in [9.17, 15) is 10.1 Å². The standard InChI is InChI=1S/C10H9N5O3/c11-14-9-5-10(13-6-12-9)18-8-4-2-1-3-7(8)15(16)17/h1-6H,11H2,(H,12,13,14). The predicted octanol–water partition coefficient (Wildman–Crippen LogP) is 1.46. The van der Waals surface area contributed by atoms with Gasteiger partial charge in [0.05, 0.1) is 4.92 Å². The molecule has 2 rings (SSSR count). The van der Waals surface area contributed by atoms with E-state index >= 15 is 0 Å². The number of nitro groups is 1. The second kappa shape index (κ2) is 5.06. The summed E-state index contributed by atoms with van der Waals surface area (Å²) >= 11 is 0. The zero-order valence-electron chi connectivity index (χ0n) is 9.11. The molecule has 0 aliphatic rings. The van der Waals surface area contributed by atoms with Crippen LogP contribution in [-0.4, -0.2) is 14.9 Å². The molecule has 3 N–H and O–H groups in total. The topological polar surface area (TPSA) is 116 Å². The summed E-state index contributed by atoms with van der Waals surface area (Å²) in [6, 6.07) is 7.44.